The summed E-state index contributed by atoms with van der Waals surface area (Å²) in [5.74, 6) is -0.0783. The highest BCUT2D eigenvalue weighted by Gasteiger charge is 2.09. The summed E-state index contributed by atoms with van der Waals surface area (Å²) >= 11 is 0. The molecule has 98 valence electrons. The average Bonchev–Trinajstić information content (AvgIpc) is 2.83. The Morgan fingerprint density at radius 2 is 1.89 bits per heavy atom. The molecule has 0 saturated heterocycles. The largest absolute Gasteiger partial charge is 0.485 e. The highest BCUT2D eigenvalue weighted by atomic mass is 16.5. The fraction of sp³-hybridized carbons (Fsp3) is 0.143. The summed E-state index contributed by atoms with van der Waals surface area (Å²) in [5, 5.41) is 0. The summed E-state index contributed by atoms with van der Waals surface area (Å²) < 4.78 is 7.10. The van der Waals surface area contributed by atoms with Crippen LogP contribution in [-0.4, -0.2) is 22.9 Å². The van der Waals surface area contributed by atoms with Crippen molar-refractivity contribution in [2.24, 2.45) is 12.8 Å². The first kappa shape index (κ1) is 12.9. The molecule has 0 aliphatic rings. The molecule has 0 unspecified atom stereocenters. The van der Waals surface area contributed by atoms with Crippen molar-refractivity contribution in [2.75, 3.05) is 6.61 Å². The lowest BCUT2D eigenvalue weighted by molar-refractivity contribution is 0.0912. The standard InChI is InChI=1S/C14H14N2O3/c1-16-8-2-3-12(16)13(17)9-19-11-6-4-10(5-7-11)14(15)18/h2-8H,9H2,1H3,(H2,15,18). The minimum Gasteiger partial charge on any atom is -0.485 e. The first-order valence-corrected chi connectivity index (χ1v) is 5.75. The van der Waals surface area contributed by atoms with Gasteiger partial charge in [-0.1, -0.05) is 0 Å². The fourth-order valence-corrected chi connectivity index (χ4v) is 1.69. The van der Waals surface area contributed by atoms with Crippen LogP contribution in [0.1, 0.15) is 20.8 Å². The van der Waals surface area contributed by atoms with Crippen LogP contribution in [0.2, 0.25) is 0 Å². The smallest absolute Gasteiger partial charge is 0.248 e. The predicted molar refractivity (Wildman–Crippen MR) is 70.2 cm³/mol. The maximum absolute atomic E-state index is 11.9. The Kier molecular flexibility index (Phi) is 3.66. The summed E-state index contributed by atoms with van der Waals surface area (Å²) in [6.45, 7) is -0.0478. The molecular formula is C14H14N2O3. The number of benzene rings is 1. The Labute approximate surface area is 110 Å². The number of nitrogens with two attached hydrogens (primary N) is 1. The lowest BCUT2D eigenvalue weighted by Gasteiger charge is -2.06. The third-order valence-corrected chi connectivity index (χ3v) is 2.74. The Bertz CT molecular complexity index is 599. The molecule has 0 aliphatic carbocycles. The van der Waals surface area contributed by atoms with Crippen molar-refractivity contribution >= 4 is 11.7 Å². The van der Waals surface area contributed by atoms with E-state index in [1.807, 2.05) is 0 Å². The maximum Gasteiger partial charge on any atom is 0.248 e. The number of amides is 1. The molecule has 5 nitrogen and oxygen atoms in total. The van der Waals surface area contributed by atoms with Gasteiger partial charge in [0.2, 0.25) is 11.7 Å². The Morgan fingerprint density at radius 3 is 2.42 bits per heavy atom. The van der Waals surface area contributed by atoms with Crippen LogP contribution in [0.4, 0.5) is 0 Å². The van der Waals surface area contributed by atoms with Gasteiger partial charge < -0.3 is 15.0 Å². The molecule has 2 rings (SSSR count). The topological polar surface area (TPSA) is 74.3 Å². The highest BCUT2D eigenvalue weighted by molar-refractivity contribution is 5.96. The van der Waals surface area contributed by atoms with E-state index in [1.54, 1.807) is 54.2 Å². The third-order valence-electron chi connectivity index (χ3n) is 2.74. The molecule has 0 spiro atoms. The number of ether oxygens (including phenoxy) is 1. The molecule has 0 saturated carbocycles. The van der Waals surface area contributed by atoms with E-state index in [1.165, 1.54) is 0 Å². The molecule has 0 bridgehead atoms. The first-order chi connectivity index (χ1) is 9.08. The Hall–Kier alpha value is -2.56. The van der Waals surface area contributed by atoms with Crippen LogP contribution in [0.15, 0.2) is 42.6 Å². The molecule has 1 heterocycles. The van der Waals surface area contributed by atoms with Crippen molar-refractivity contribution in [3.8, 4) is 5.75 Å². The summed E-state index contributed by atoms with van der Waals surface area (Å²) in [4.78, 5) is 22.8. The zero-order chi connectivity index (χ0) is 13.8. The van der Waals surface area contributed by atoms with Crippen LogP contribution in [0.3, 0.4) is 0 Å². The number of primary amides is 1. The molecular weight excluding hydrogens is 244 g/mol. The van der Waals surface area contributed by atoms with E-state index in [2.05, 4.69) is 0 Å². The van der Waals surface area contributed by atoms with Gasteiger partial charge in [0.1, 0.15) is 5.75 Å². The van der Waals surface area contributed by atoms with Crippen molar-refractivity contribution in [3.63, 3.8) is 0 Å². The summed E-state index contributed by atoms with van der Waals surface area (Å²) in [6, 6.07) is 9.88. The van der Waals surface area contributed by atoms with Crippen molar-refractivity contribution < 1.29 is 14.3 Å². The summed E-state index contributed by atoms with van der Waals surface area (Å²) in [6.07, 6.45) is 1.80. The normalized spacial score (nSPS) is 10.2. The van der Waals surface area contributed by atoms with E-state index in [4.69, 9.17) is 10.5 Å². The van der Waals surface area contributed by atoms with E-state index >= 15 is 0 Å². The molecule has 1 amide bonds. The SMILES string of the molecule is Cn1cccc1C(=O)COc1ccc(C(N)=O)cc1. The number of aryl methyl sites for hydroxylation is 1. The van der Waals surface area contributed by atoms with Crippen molar-refractivity contribution in [2.45, 2.75) is 0 Å². The van der Waals surface area contributed by atoms with Crippen molar-refractivity contribution in [1.82, 2.24) is 4.57 Å². The van der Waals surface area contributed by atoms with Gasteiger partial charge in [-0.3, -0.25) is 9.59 Å². The molecule has 1 aromatic heterocycles. The molecule has 0 atom stereocenters. The van der Waals surface area contributed by atoms with Gasteiger partial charge in [-0.25, -0.2) is 0 Å². The maximum atomic E-state index is 11.9. The highest BCUT2D eigenvalue weighted by Crippen LogP contribution is 2.12. The molecule has 0 fully saturated rings. The number of rotatable bonds is 5. The number of hydrogen-bond donors (Lipinski definition) is 1. The Morgan fingerprint density at radius 1 is 1.21 bits per heavy atom. The molecule has 0 radical (unpaired) electrons. The van der Waals surface area contributed by atoms with Crippen LogP contribution < -0.4 is 10.5 Å². The minimum atomic E-state index is -0.494. The fourth-order valence-electron chi connectivity index (χ4n) is 1.69. The van der Waals surface area contributed by atoms with E-state index < -0.39 is 5.91 Å². The number of Topliss-reactive ketones (excluding diaryl/α,β-unsaturated/α-hetero) is 1. The molecule has 2 N–H and O–H groups in total. The van der Waals surface area contributed by atoms with Crippen LogP contribution in [0.25, 0.3) is 0 Å². The van der Waals surface area contributed by atoms with Gasteiger partial charge in [0.15, 0.2) is 6.61 Å². The van der Waals surface area contributed by atoms with Gasteiger partial charge >= 0.3 is 0 Å². The zero-order valence-electron chi connectivity index (χ0n) is 10.5. The van der Waals surface area contributed by atoms with Crippen LogP contribution in [0.5, 0.6) is 5.75 Å². The van der Waals surface area contributed by atoms with Gasteiger partial charge in [0, 0.05) is 18.8 Å². The number of aromatic nitrogens is 1. The molecule has 0 aliphatic heterocycles. The third kappa shape index (κ3) is 3.01. The van der Waals surface area contributed by atoms with Gasteiger partial charge in [-0.15, -0.1) is 0 Å². The van der Waals surface area contributed by atoms with E-state index in [0.717, 1.165) is 0 Å². The van der Waals surface area contributed by atoms with E-state index in [0.29, 0.717) is 17.0 Å². The number of carbonyl (C=O) groups excluding carboxylic acids is 2. The van der Waals surface area contributed by atoms with Crippen LogP contribution >= 0.6 is 0 Å². The number of carbonyl (C=O) groups is 2. The number of ketones is 1. The van der Waals surface area contributed by atoms with E-state index in [9.17, 15) is 9.59 Å². The summed E-state index contributed by atoms with van der Waals surface area (Å²) in [7, 11) is 1.80. The van der Waals surface area contributed by atoms with Gasteiger partial charge in [-0.05, 0) is 36.4 Å². The minimum absolute atomic E-state index is 0.0478. The van der Waals surface area contributed by atoms with Gasteiger partial charge in [-0.2, -0.15) is 0 Å². The number of nitrogens with zero attached hydrogens (tertiary/aromatic N) is 1. The van der Waals surface area contributed by atoms with E-state index in [-0.39, 0.29) is 12.4 Å². The van der Waals surface area contributed by atoms with Crippen molar-refractivity contribution in [1.29, 1.82) is 0 Å². The van der Waals surface area contributed by atoms with Crippen LogP contribution in [-0.2, 0) is 7.05 Å². The molecule has 1 aromatic carbocycles. The number of hydrogen-bond acceptors (Lipinski definition) is 3. The molecule has 2 aromatic rings. The van der Waals surface area contributed by atoms with Gasteiger partial charge in [0.25, 0.3) is 0 Å². The first-order valence-electron chi connectivity index (χ1n) is 5.75. The molecule has 19 heavy (non-hydrogen) atoms. The van der Waals surface area contributed by atoms with Crippen molar-refractivity contribution in [3.05, 3.63) is 53.9 Å². The lowest BCUT2D eigenvalue weighted by atomic mass is 10.2. The Balaban J connectivity index is 1.97. The second-order valence-corrected chi connectivity index (χ2v) is 4.10. The summed E-state index contributed by atoms with van der Waals surface area (Å²) in [5.41, 5.74) is 6.13. The van der Waals surface area contributed by atoms with Gasteiger partial charge in [0.05, 0.1) is 5.69 Å². The predicted octanol–water partition coefficient (Wildman–Crippen LogP) is 1.39. The van der Waals surface area contributed by atoms with Crippen LogP contribution in [0, 0.1) is 0 Å². The monoisotopic (exact) mass is 258 g/mol. The zero-order valence-corrected chi connectivity index (χ0v) is 10.5. The second kappa shape index (κ2) is 5.39. The quantitative estimate of drug-likeness (QED) is 0.823. The molecule has 5 heteroatoms. The average molecular weight is 258 g/mol. The lowest BCUT2D eigenvalue weighted by Crippen LogP contribution is -2.15. The second-order valence-electron chi connectivity index (χ2n) is 4.10.